The molecule has 5 aromatic rings. The number of aryl methyl sites for hydroxylation is 1. The van der Waals surface area contributed by atoms with Crippen LogP contribution in [0.3, 0.4) is 0 Å². The largest absolute Gasteiger partial charge is 0.434 e. The zero-order valence-electron chi connectivity index (χ0n) is 15.3. The number of hydrogen-bond acceptors (Lipinski definition) is 5. The third kappa shape index (κ3) is 2.98. The molecule has 0 amide bonds. The lowest BCUT2D eigenvalue weighted by Crippen LogP contribution is -2.04. The molecule has 0 fully saturated rings. The van der Waals surface area contributed by atoms with Crippen LogP contribution in [0.25, 0.3) is 28.3 Å². The minimum atomic E-state index is -4.49. The molecule has 30 heavy (non-hydrogen) atoms. The normalized spacial score (nSPS) is 12.3. The van der Waals surface area contributed by atoms with Gasteiger partial charge in [-0.15, -0.1) is 10.2 Å². The Bertz CT molecular complexity index is 1380. The van der Waals surface area contributed by atoms with Gasteiger partial charge in [0.05, 0.1) is 12.7 Å². The van der Waals surface area contributed by atoms with Crippen LogP contribution in [0.5, 0.6) is 0 Å². The lowest BCUT2D eigenvalue weighted by Gasteiger charge is -2.07. The molecular weight excluding hydrogens is 421 g/mol. The quantitative estimate of drug-likeness (QED) is 0.407. The predicted molar refractivity (Wildman–Crippen MR) is 102 cm³/mol. The first-order valence-electron chi connectivity index (χ1n) is 8.71. The summed E-state index contributed by atoms with van der Waals surface area (Å²) in [4.78, 5) is 12.0. The number of hydrogen-bond donors (Lipinski definition) is 0. The van der Waals surface area contributed by atoms with Crippen molar-refractivity contribution in [1.82, 2.24) is 38.7 Å². The molecule has 1 aromatic carbocycles. The van der Waals surface area contributed by atoms with E-state index >= 15 is 0 Å². The molecule has 0 aliphatic rings. The van der Waals surface area contributed by atoms with Crippen molar-refractivity contribution in [3.63, 3.8) is 0 Å². The van der Waals surface area contributed by atoms with Gasteiger partial charge in [-0.05, 0) is 17.2 Å². The van der Waals surface area contributed by atoms with Crippen molar-refractivity contribution in [2.45, 2.75) is 12.7 Å². The maximum atomic E-state index is 12.9. The zero-order chi connectivity index (χ0) is 21.0. The second kappa shape index (κ2) is 6.52. The zero-order valence-corrected chi connectivity index (χ0v) is 16.1. The standard InChI is InChI=1S/C18H12ClF3N8/c1-28-8-13(18(20,21)22)25-14(28)11-4-2-10(3-5-11)7-29-15-12(6-23-16(19)26-15)30-9-24-27-17(29)30/h2-6,8-9H,7H2,1H3. The van der Waals surface area contributed by atoms with Crippen LogP contribution in [0, 0.1) is 0 Å². The van der Waals surface area contributed by atoms with Gasteiger partial charge in [-0.2, -0.15) is 18.2 Å². The minimum Gasteiger partial charge on any atom is -0.333 e. The monoisotopic (exact) mass is 432 g/mol. The molecule has 0 saturated carbocycles. The molecular formula is C18H12ClF3N8. The Hall–Kier alpha value is -3.47. The summed E-state index contributed by atoms with van der Waals surface area (Å²) < 4.78 is 43.7. The maximum Gasteiger partial charge on any atom is 0.434 e. The summed E-state index contributed by atoms with van der Waals surface area (Å²) in [7, 11) is 1.53. The number of fused-ring (bicyclic) bond motifs is 3. The van der Waals surface area contributed by atoms with Crippen molar-refractivity contribution in [3.05, 3.63) is 59.5 Å². The van der Waals surface area contributed by atoms with Crippen LogP contribution in [0.15, 0.2) is 43.0 Å². The van der Waals surface area contributed by atoms with Gasteiger partial charge in [-0.25, -0.2) is 9.97 Å². The first kappa shape index (κ1) is 18.6. The molecule has 0 N–H and O–H groups in total. The van der Waals surface area contributed by atoms with E-state index in [1.54, 1.807) is 29.1 Å². The summed E-state index contributed by atoms with van der Waals surface area (Å²) in [6.07, 6.45) is -0.355. The molecule has 0 atom stereocenters. The molecule has 12 heteroatoms. The van der Waals surface area contributed by atoms with Crippen molar-refractivity contribution in [2.75, 3.05) is 0 Å². The molecule has 0 radical (unpaired) electrons. The van der Waals surface area contributed by atoms with Gasteiger partial charge in [0.1, 0.15) is 17.7 Å². The molecule has 0 aliphatic heterocycles. The average Bonchev–Trinajstić information content (AvgIpc) is 3.38. The predicted octanol–water partition coefficient (Wildman–Crippen LogP) is 3.60. The van der Waals surface area contributed by atoms with Crippen LogP contribution >= 0.6 is 11.6 Å². The van der Waals surface area contributed by atoms with Gasteiger partial charge in [-0.1, -0.05) is 24.3 Å². The fraction of sp³-hybridized carbons (Fsp3) is 0.167. The van der Waals surface area contributed by atoms with E-state index in [4.69, 9.17) is 11.6 Å². The fourth-order valence-electron chi connectivity index (χ4n) is 3.35. The van der Waals surface area contributed by atoms with Crippen LogP contribution in [0.4, 0.5) is 13.2 Å². The summed E-state index contributed by atoms with van der Waals surface area (Å²) in [5.74, 6) is 0.809. The first-order chi connectivity index (χ1) is 14.3. The average molecular weight is 433 g/mol. The maximum absolute atomic E-state index is 12.9. The van der Waals surface area contributed by atoms with Gasteiger partial charge in [0.15, 0.2) is 11.3 Å². The summed E-state index contributed by atoms with van der Waals surface area (Å²) >= 11 is 5.96. The molecule has 0 spiro atoms. The Morgan fingerprint density at radius 3 is 2.57 bits per heavy atom. The van der Waals surface area contributed by atoms with Crippen molar-refractivity contribution < 1.29 is 13.2 Å². The number of alkyl halides is 3. The lowest BCUT2D eigenvalue weighted by atomic mass is 10.1. The number of aromatic nitrogens is 8. The smallest absolute Gasteiger partial charge is 0.333 e. The Morgan fingerprint density at radius 2 is 1.87 bits per heavy atom. The summed E-state index contributed by atoms with van der Waals surface area (Å²) in [6, 6.07) is 7.09. The highest BCUT2D eigenvalue weighted by molar-refractivity contribution is 6.28. The van der Waals surface area contributed by atoms with E-state index in [-0.39, 0.29) is 11.1 Å². The highest BCUT2D eigenvalue weighted by atomic mass is 35.5. The highest BCUT2D eigenvalue weighted by Crippen LogP contribution is 2.30. The van der Waals surface area contributed by atoms with Crippen LogP contribution in [-0.4, -0.2) is 38.7 Å². The molecule has 152 valence electrons. The Balaban J connectivity index is 1.51. The van der Waals surface area contributed by atoms with Gasteiger partial charge < -0.3 is 4.57 Å². The Labute approximate surface area is 171 Å². The number of imidazole rings is 2. The second-order valence-corrected chi connectivity index (χ2v) is 7.03. The topological polar surface area (TPSA) is 78.7 Å². The first-order valence-corrected chi connectivity index (χ1v) is 9.09. The number of halogens is 4. The third-order valence-corrected chi connectivity index (χ3v) is 4.91. The van der Waals surface area contributed by atoms with E-state index < -0.39 is 11.9 Å². The summed E-state index contributed by atoms with van der Waals surface area (Å²) in [6.45, 7) is 0.410. The highest BCUT2D eigenvalue weighted by Gasteiger charge is 2.34. The van der Waals surface area contributed by atoms with E-state index in [0.717, 1.165) is 11.8 Å². The summed E-state index contributed by atoms with van der Waals surface area (Å²) in [5, 5.41) is 8.17. The number of nitrogens with zero attached hydrogens (tertiary/aromatic N) is 8. The van der Waals surface area contributed by atoms with Crippen LogP contribution < -0.4 is 0 Å². The molecule has 4 heterocycles. The van der Waals surface area contributed by atoms with Crippen LogP contribution in [0.1, 0.15) is 11.3 Å². The van der Waals surface area contributed by atoms with Gasteiger partial charge in [0.25, 0.3) is 0 Å². The molecule has 5 rings (SSSR count). The molecule has 8 nitrogen and oxygen atoms in total. The van der Waals surface area contributed by atoms with Crippen LogP contribution in [0.2, 0.25) is 5.28 Å². The van der Waals surface area contributed by atoms with Gasteiger partial charge >= 0.3 is 6.18 Å². The molecule has 4 aromatic heterocycles. The van der Waals surface area contributed by atoms with Crippen molar-refractivity contribution in [3.8, 4) is 11.4 Å². The lowest BCUT2D eigenvalue weighted by molar-refractivity contribution is -0.140. The molecule has 0 saturated heterocycles. The fourth-order valence-corrected chi connectivity index (χ4v) is 3.48. The van der Waals surface area contributed by atoms with E-state index in [0.29, 0.717) is 29.0 Å². The van der Waals surface area contributed by atoms with Crippen molar-refractivity contribution in [2.24, 2.45) is 7.05 Å². The van der Waals surface area contributed by atoms with Gasteiger partial charge in [-0.3, -0.25) is 8.97 Å². The minimum absolute atomic E-state index is 0.114. The Kier molecular flexibility index (Phi) is 4.03. The van der Waals surface area contributed by atoms with E-state index in [1.165, 1.54) is 11.6 Å². The van der Waals surface area contributed by atoms with Gasteiger partial charge in [0, 0.05) is 18.8 Å². The molecule has 0 aliphatic carbocycles. The SMILES string of the molecule is Cn1cc(C(F)(F)F)nc1-c1ccc(Cn2c3nc(Cl)ncc3n3cnnc23)cc1. The Morgan fingerprint density at radius 1 is 1.10 bits per heavy atom. The van der Waals surface area contributed by atoms with Crippen LogP contribution in [-0.2, 0) is 19.8 Å². The third-order valence-electron chi connectivity index (χ3n) is 4.73. The van der Waals surface area contributed by atoms with Gasteiger partial charge in [0.2, 0.25) is 11.1 Å². The number of rotatable bonds is 3. The van der Waals surface area contributed by atoms with E-state index in [9.17, 15) is 13.2 Å². The van der Waals surface area contributed by atoms with Crippen molar-refractivity contribution >= 4 is 28.5 Å². The molecule has 0 bridgehead atoms. The van der Waals surface area contributed by atoms with Crippen molar-refractivity contribution in [1.29, 1.82) is 0 Å². The number of benzene rings is 1. The second-order valence-electron chi connectivity index (χ2n) is 6.69. The summed E-state index contributed by atoms with van der Waals surface area (Å²) in [5.41, 5.74) is 1.86. The van der Waals surface area contributed by atoms with E-state index in [2.05, 4.69) is 25.1 Å². The van der Waals surface area contributed by atoms with E-state index in [1.807, 2.05) is 16.7 Å². The molecule has 0 unspecified atom stereocenters.